The van der Waals surface area contributed by atoms with Crippen LogP contribution in [0.3, 0.4) is 0 Å². The standard InChI is InChI=1S/C9H13NS.C2H6/c1-8(2)7-11-9-5-3-4-6-10-9;1-2/h3-6,8H,7H2,1-2H3;1-2H3. The molecule has 1 rings (SSSR count). The monoisotopic (exact) mass is 197 g/mol. The van der Waals surface area contributed by atoms with E-state index in [1.807, 2.05) is 50.0 Å². The van der Waals surface area contributed by atoms with Crippen molar-refractivity contribution in [3.8, 4) is 0 Å². The minimum atomic E-state index is 0.738. The molecular weight excluding hydrogens is 178 g/mol. The van der Waals surface area contributed by atoms with Crippen molar-refractivity contribution < 1.29 is 0 Å². The molecule has 0 unspecified atom stereocenters. The molecule has 0 radical (unpaired) electrons. The van der Waals surface area contributed by atoms with Crippen LogP contribution in [0, 0.1) is 5.92 Å². The van der Waals surface area contributed by atoms with Gasteiger partial charge >= 0.3 is 0 Å². The predicted molar refractivity (Wildman–Crippen MR) is 61.1 cm³/mol. The Hall–Kier alpha value is -0.500. The molecule has 1 aromatic rings. The Kier molecular flexibility index (Phi) is 7.80. The third-order valence-electron chi connectivity index (χ3n) is 1.20. The van der Waals surface area contributed by atoms with E-state index in [0.29, 0.717) is 0 Å². The van der Waals surface area contributed by atoms with Gasteiger partial charge in [-0.3, -0.25) is 0 Å². The van der Waals surface area contributed by atoms with E-state index in [0.717, 1.165) is 16.7 Å². The lowest BCUT2D eigenvalue weighted by Crippen LogP contribution is -1.90. The number of hydrogen-bond donors (Lipinski definition) is 0. The molecule has 0 fully saturated rings. The first-order chi connectivity index (χ1) is 6.29. The van der Waals surface area contributed by atoms with Crippen LogP contribution in [0.1, 0.15) is 27.7 Å². The van der Waals surface area contributed by atoms with E-state index in [1.165, 1.54) is 0 Å². The lowest BCUT2D eigenvalue weighted by atomic mass is 10.3. The minimum Gasteiger partial charge on any atom is -0.250 e. The van der Waals surface area contributed by atoms with E-state index in [2.05, 4.69) is 18.8 Å². The van der Waals surface area contributed by atoms with Gasteiger partial charge in [-0.15, -0.1) is 11.8 Å². The highest BCUT2D eigenvalue weighted by Gasteiger charge is 1.96. The number of thioether (sulfide) groups is 1. The lowest BCUT2D eigenvalue weighted by molar-refractivity contribution is 0.749. The molecule has 1 heterocycles. The Labute approximate surface area is 86.0 Å². The molecule has 0 N–H and O–H groups in total. The molecule has 0 spiro atoms. The van der Waals surface area contributed by atoms with Crippen molar-refractivity contribution in [3.63, 3.8) is 0 Å². The largest absolute Gasteiger partial charge is 0.250 e. The molecule has 0 aliphatic heterocycles. The first-order valence-corrected chi connectivity index (χ1v) is 5.81. The van der Waals surface area contributed by atoms with Crippen molar-refractivity contribution in [1.29, 1.82) is 0 Å². The normalized spacial score (nSPS) is 9.31. The van der Waals surface area contributed by atoms with Gasteiger partial charge in [0.1, 0.15) is 0 Å². The summed E-state index contributed by atoms with van der Waals surface area (Å²) in [6.07, 6.45) is 1.84. The number of rotatable bonds is 3. The van der Waals surface area contributed by atoms with E-state index < -0.39 is 0 Å². The van der Waals surface area contributed by atoms with Gasteiger partial charge in [-0.25, -0.2) is 4.98 Å². The van der Waals surface area contributed by atoms with Crippen molar-refractivity contribution >= 4 is 11.8 Å². The predicted octanol–water partition coefficient (Wildman–Crippen LogP) is 3.86. The summed E-state index contributed by atoms with van der Waals surface area (Å²) in [5.74, 6) is 1.89. The van der Waals surface area contributed by atoms with Crippen LogP contribution < -0.4 is 0 Å². The van der Waals surface area contributed by atoms with Crippen LogP contribution in [-0.2, 0) is 0 Å². The van der Waals surface area contributed by atoms with Gasteiger partial charge < -0.3 is 0 Å². The fourth-order valence-corrected chi connectivity index (χ4v) is 1.50. The minimum absolute atomic E-state index is 0.738. The summed E-state index contributed by atoms with van der Waals surface area (Å²) in [6, 6.07) is 6.02. The average Bonchev–Trinajstić information content (AvgIpc) is 2.19. The molecule has 0 aliphatic rings. The number of hydrogen-bond acceptors (Lipinski definition) is 2. The zero-order valence-electron chi connectivity index (χ0n) is 8.95. The summed E-state index contributed by atoms with van der Waals surface area (Å²) in [5, 5.41) is 1.13. The highest BCUT2D eigenvalue weighted by Crippen LogP contribution is 2.16. The zero-order chi connectivity index (χ0) is 10.1. The van der Waals surface area contributed by atoms with E-state index >= 15 is 0 Å². The van der Waals surface area contributed by atoms with Gasteiger partial charge in [-0.2, -0.15) is 0 Å². The maximum atomic E-state index is 4.21. The van der Waals surface area contributed by atoms with Gasteiger partial charge in [0.05, 0.1) is 5.03 Å². The van der Waals surface area contributed by atoms with E-state index in [-0.39, 0.29) is 0 Å². The molecule has 1 nitrogen and oxygen atoms in total. The van der Waals surface area contributed by atoms with Gasteiger partial charge in [0.25, 0.3) is 0 Å². The topological polar surface area (TPSA) is 12.9 Å². The number of nitrogens with zero attached hydrogens (tertiary/aromatic N) is 1. The molecule has 0 aromatic carbocycles. The molecule has 0 aliphatic carbocycles. The van der Waals surface area contributed by atoms with Gasteiger partial charge in [0.2, 0.25) is 0 Å². The fourth-order valence-electron chi connectivity index (χ4n) is 0.685. The van der Waals surface area contributed by atoms with Crippen molar-refractivity contribution in [2.24, 2.45) is 5.92 Å². The van der Waals surface area contributed by atoms with Crippen LogP contribution in [0.5, 0.6) is 0 Å². The number of pyridine rings is 1. The van der Waals surface area contributed by atoms with Crippen LogP contribution in [0.25, 0.3) is 0 Å². The third-order valence-corrected chi connectivity index (χ3v) is 2.57. The SMILES string of the molecule is CC.CC(C)CSc1ccccn1. The smallest absolute Gasteiger partial charge is 0.0959 e. The Morgan fingerprint density at radius 1 is 1.31 bits per heavy atom. The second kappa shape index (κ2) is 8.11. The Morgan fingerprint density at radius 2 is 2.00 bits per heavy atom. The molecule has 2 heteroatoms. The molecule has 13 heavy (non-hydrogen) atoms. The Balaban J connectivity index is 0.000000671. The molecule has 0 amide bonds. The van der Waals surface area contributed by atoms with E-state index in [4.69, 9.17) is 0 Å². The maximum Gasteiger partial charge on any atom is 0.0959 e. The summed E-state index contributed by atoms with van der Waals surface area (Å²) in [6.45, 7) is 8.44. The molecule has 74 valence electrons. The van der Waals surface area contributed by atoms with Crippen LogP contribution in [0.2, 0.25) is 0 Å². The molecular formula is C11H19NS. The second-order valence-electron chi connectivity index (χ2n) is 2.87. The summed E-state index contributed by atoms with van der Waals surface area (Å²) < 4.78 is 0. The van der Waals surface area contributed by atoms with Gasteiger partial charge in [0, 0.05) is 11.9 Å². The second-order valence-corrected chi connectivity index (χ2v) is 3.91. The van der Waals surface area contributed by atoms with E-state index in [9.17, 15) is 0 Å². The Morgan fingerprint density at radius 3 is 2.46 bits per heavy atom. The molecule has 0 saturated carbocycles. The van der Waals surface area contributed by atoms with Crippen molar-refractivity contribution in [2.75, 3.05) is 5.75 Å². The van der Waals surface area contributed by atoms with Gasteiger partial charge in [-0.05, 0) is 18.1 Å². The third kappa shape index (κ3) is 6.64. The first kappa shape index (κ1) is 12.5. The molecule has 0 bridgehead atoms. The van der Waals surface area contributed by atoms with Gasteiger partial charge in [-0.1, -0.05) is 33.8 Å². The average molecular weight is 197 g/mol. The fraction of sp³-hybridized carbons (Fsp3) is 0.545. The highest BCUT2D eigenvalue weighted by molar-refractivity contribution is 7.99. The van der Waals surface area contributed by atoms with Crippen molar-refractivity contribution in [3.05, 3.63) is 24.4 Å². The quantitative estimate of drug-likeness (QED) is 0.682. The van der Waals surface area contributed by atoms with Crippen molar-refractivity contribution in [1.82, 2.24) is 4.98 Å². The molecule has 0 saturated heterocycles. The van der Waals surface area contributed by atoms with Crippen LogP contribution in [-0.4, -0.2) is 10.7 Å². The molecule has 0 atom stereocenters. The summed E-state index contributed by atoms with van der Waals surface area (Å²) in [4.78, 5) is 4.21. The first-order valence-electron chi connectivity index (χ1n) is 4.83. The Bertz CT molecular complexity index is 197. The van der Waals surface area contributed by atoms with Crippen LogP contribution >= 0.6 is 11.8 Å². The lowest BCUT2D eigenvalue weighted by Gasteiger charge is -2.02. The summed E-state index contributed by atoms with van der Waals surface area (Å²) in [5.41, 5.74) is 0. The summed E-state index contributed by atoms with van der Waals surface area (Å²) in [7, 11) is 0. The van der Waals surface area contributed by atoms with Crippen LogP contribution in [0.4, 0.5) is 0 Å². The number of aromatic nitrogens is 1. The highest BCUT2D eigenvalue weighted by atomic mass is 32.2. The van der Waals surface area contributed by atoms with Crippen molar-refractivity contribution in [2.45, 2.75) is 32.7 Å². The van der Waals surface area contributed by atoms with Gasteiger partial charge in [0.15, 0.2) is 0 Å². The molecule has 1 aromatic heterocycles. The van der Waals surface area contributed by atoms with Crippen LogP contribution in [0.15, 0.2) is 29.4 Å². The summed E-state index contributed by atoms with van der Waals surface area (Å²) >= 11 is 1.82. The van der Waals surface area contributed by atoms with E-state index in [1.54, 1.807) is 0 Å². The zero-order valence-corrected chi connectivity index (χ0v) is 9.77. The maximum absolute atomic E-state index is 4.21.